The van der Waals surface area contributed by atoms with E-state index >= 15 is 0 Å². The van der Waals surface area contributed by atoms with Crippen LogP contribution >= 0.6 is 0 Å². The molecule has 0 unspecified atom stereocenters. The molecule has 0 aromatic carbocycles. The first-order valence-corrected chi connectivity index (χ1v) is 8.15. The van der Waals surface area contributed by atoms with Crippen molar-refractivity contribution < 1.29 is 5.11 Å². The van der Waals surface area contributed by atoms with Crippen LogP contribution in [0.2, 0.25) is 0 Å². The lowest BCUT2D eigenvalue weighted by Gasteiger charge is -2.25. The summed E-state index contributed by atoms with van der Waals surface area (Å²) >= 11 is 0. The third-order valence-electron chi connectivity index (χ3n) is 4.54. The molecule has 4 heteroatoms. The highest BCUT2D eigenvalue weighted by Crippen LogP contribution is 2.23. The highest BCUT2D eigenvalue weighted by molar-refractivity contribution is 4.99. The quantitative estimate of drug-likeness (QED) is 0.807. The fourth-order valence-corrected chi connectivity index (χ4v) is 3.09. The van der Waals surface area contributed by atoms with Gasteiger partial charge in [0.1, 0.15) is 0 Å². The van der Waals surface area contributed by atoms with Crippen LogP contribution in [0.3, 0.4) is 0 Å². The van der Waals surface area contributed by atoms with Gasteiger partial charge >= 0.3 is 0 Å². The first-order chi connectivity index (χ1) is 9.72. The monoisotopic (exact) mass is 279 g/mol. The number of aliphatic hydroxyl groups excluding tert-OH is 1. The van der Waals surface area contributed by atoms with Crippen molar-refractivity contribution in [2.45, 2.75) is 71.1 Å². The van der Waals surface area contributed by atoms with Crippen molar-refractivity contribution in [3.63, 3.8) is 0 Å². The van der Waals surface area contributed by atoms with Crippen molar-refractivity contribution >= 4 is 0 Å². The molecule has 4 nitrogen and oxygen atoms in total. The number of nitrogens with one attached hydrogen (secondary N) is 1. The van der Waals surface area contributed by atoms with Crippen LogP contribution in [-0.4, -0.2) is 27.5 Å². The summed E-state index contributed by atoms with van der Waals surface area (Å²) in [6, 6.07) is 2.65. The molecule has 20 heavy (non-hydrogen) atoms. The molecule has 0 atom stereocenters. The van der Waals surface area contributed by atoms with Crippen molar-refractivity contribution in [3.8, 4) is 0 Å². The van der Waals surface area contributed by atoms with Gasteiger partial charge in [0.15, 0.2) is 0 Å². The summed E-state index contributed by atoms with van der Waals surface area (Å²) in [6.45, 7) is 6.33. The maximum Gasteiger partial charge on any atom is 0.0762 e. The molecule has 2 rings (SSSR count). The van der Waals surface area contributed by atoms with E-state index in [0.717, 1.165) is 63.2 Å². The van der Waals surface area contributed by atoms with Crippen LogP contribution < -0.4 is 5.32 Å². The second-order valence-electron chi connectivity index (χ2n) is 6.06. The Labute approximate surface area is 122 Å². The number of hydrogen-bond donors (Lipinski definition) is 2. The van der Waals surface area contributed by atoms with E-state index in [0.29, 0.717) is 6.04 Å². The highest BCUT2D eigenvalue weighted by Gasteiger charge is 2.18. The first-order valence-electron chi connectivity index (χ1n) is 8.15. The van der Waals surface area contributed by atoms with Gasteiger partial charge in [0.2, 0.25) is 0 Å². The molecule has 1 saturated carbocycles. The van der Waals surface area contributed by atoms with Gasteiger partial charge in [0, 0.05) is 12.7 Å². The van der Waals surface area contributed by atoms with Gasteiger partial charge in [-0.1, -0.05) is 13.8 Å². The van der Waals surface area contributed by atoms with Gasteiger partial charge in [0.05, 0.1) is 17.8 Å². The lowest BCUT2D eigenvalue weighted by Crippen LogP contribution is -2.27. The van der Waals surface area contributed by atoms with Crippen molar-refractivity contribution in [1.82, 2.24) is 15.1 Å². The normalized spacial score (nSPS) is 23.4. The van der Waals surface area contributed by atoms with Gasteiger partial charge in [-0.05, 0) is 57.1 Å². The molecule has 2 N–H and O–H groups in total. The van der Waals surface area contributed by atoms with Gasteiger partial charge < -0.3 is 10.4 Å². The lowest BCUT2D eigenvalue weighted by atomic mass is 9.87. The van der Waals surface area contributed by atoms with Crippen LogP contribution in [0.4, 0.5) is 0 Å². The Kier molecular flexibility index (Phi) is 6.05. The van der Waals surface area contributed by atoms with Gasteiger partial charge in [0.25, 0.3) is 0 Å². The molecule has 114 valence electrons. The SMILES string of the molecule is CCC(CC)n1ccc(CNCC2CCC(O)CC2)n1. The molecule has 0 amide bonds. The molecule has 0 saturated heterocycles. The predicted octanol–water partition coefficient (Wildman–Crippen LogP) is 2.88. The Balaban J connectivity index is 1.71. The average molecular weight is 279 g/mol. The van der Waals surface area contributed by atoms with Crippen molar-refractivity contribution in [2.24, 2.45) is 5.92 Å². The van der Waals surface area contributed by atoms with E-state index < -0.39 is 0 Å². The van der Waals surface area contributed by atoms with Gasteiger partial charge in [-0.15, -0.1) is 0 Å². The maximum absolute atomic E-state index is 9.50. The number of hydrogen-bond acceptors (Lipinski definition) is 3. The van der Waals surface area contributed by atoms with E-state index in [1.54, 1.807) is 0 Å². The number of aliphatic hydroxyl groups is 1. The van der Waals surface area contributed by atoms with E-state index in [4.69, 9.17) is 0 Å². The Morgan fingerprint density at radius 1 is 1.30 bits per heavy atom. The Morgan fingerprint density at radius 2 is 2.00 bits per heavy atom. The van der Waals surface area contributed by atoms with E-state index in [9.17, 15) is 5.11 Å². The zero-order valence-corrected chi connectivity index (χ0v) is 12.9. The summed E-state index contributed by atoms with van der Waals surface area (Å²) < 4.78 is 2.11. The standard InChI is InChI=1S/C16H29N3O/c1-3-15(4-2)19-10-9-14(18-19)12-17-11-13-5-7-16(20)8-6-13/h9-10,13,15-17,20H,3-8,11-12H2,1-2H3. The molecule has 0 spiro atoms. The average Bonchev–Trinajstić information content (AvgIpc) is 2.91. The molecule has 1 aromatic heterocycles. The molecular weight excluding hydrogens is 250 g/mol. The zero-order chi connectivity index (χ0) is 14.4. The van der Waals surface area contributed by atoms with Crippen LogP contribution in [0.25, 0.3) is 0 Å². The molecule has 0 radical (unpaired) electrons. The molecule has 0 aliphatic heterocycles. The Bertz CT molecular complexity index is 379. The third kappa shape index (κ3) is 4.32. The Hall–Kier alpha value is -0.870. The summed E-state index contributed by atoms with van der Waals surface area (Å²) in [4.78, 5) is 0. The van der Waals surface area contributed by atoms with E-state index in [1.165, 1.54) is 0 Å². The minimum atomic E-state index is -0.0537. The molecule has 1 aromatic rings. The topological polar surface area (TPSA) is 50.1 Å². The zero-order valence-electron chi connectivity index (χ0n) is 12.9. The minimum Gasteiger partial charge on any atom is -0.393 e. The van der Waals surface area contributed by atoms with Crippen molar-refractivity contribution in [2.75, 3.05) is 6.54 Å². The van der Waals surface area contributed by atoms with E-state index in [-0.39, 0.29) is 6.10 Å². The van der Waals surface area contributed by atoms with Crippen LogP contribution in [0.1, 0.15) is 64.1 Å². The summed E-state index contributed by atoms with van der Waals surface area (Å²) in [5, 5.41) is 17.7. The molecule has 1 aliphatic rings. The largest absolute Gasteiger partial charge is 0.393 e. The molecular formula is C16H29N3O. The molecule has 1 fully saturated rings. The van der Waals surface area contributed by atoms with Gasteiger partial charge in [-0.25, -0.2) is 0 Å². The number of aromatic nitrogens is 2. The van der Waals surface area contributed by atoms with Gasteiger partial charge in [-0.2, -0.15) is 5.10 Å². The Morgan fingerprint density at radius 3 is 2.65 bits per heavy atom. The van der Waals surface area contributed by atoms with Crippen LogP contribution in [0.5, 0.6) is 0 Å². The third-order valence-corrected chi connectivity index (χ3v) is 4.54. The van der Waals surface area contributed by atoms with E-state index in [2.05, 4.69) is 41.2 Å². The van der Waals surface area contributed by atoms with Crippen LogP contribution in [0.15, 0.2) is 12.3 Å². The summed E-state index contributed by atoms with van der Waals surface area (Å²) in [5.74, 6) is 0.722. The molecule has 1 heterocycles. The maximum atomic E-state index is 9.50. The number of rotatable bonds is 7. The second kappa shape index (κ2) is 7.79. The van der Waals surface area contributed by atoms with Gasteiger partial charge in [-0.3, -0.25) is 4.68 Å². The fourth-order valence-electron chi connectivity index (χ4n) is 3.09. The van der Waals surface area contributed by atoms with Crippen LogP contribution in [0, 0.1) is 5.92 Å². The van der Waals surface area contributed by atoms with E-state index in [1.807, 2.05) is 0 Å². The summed E-state index contributed by atoms with van der Waals surface area (Å²) in [7, 11) is 0. The minimum absolute atomic E-state index is 0.0537. The first kappa shape index (κ1) is 15.5. The lowest BCUT2D eigenvalue weighted by molar-refractivity contribution is 0.108. The smallest absolute Gasteiger partial charge is 0.0762 e. The molecule has 1 aliphatic carbocycles. The molecule has 0 bridgehead atoms. The summed E-state index contributed by atoms with van der Waals surface area (Å²) in [6.07, 6.45) is 8.55. The predicted molar refractivity (Wildman–Crippen MR) is 81.5 cm³/mol. The van der Waals surface area contributed by atoms with Crippen molar-refractivity contribution in [1.29, 1.82) is 0 Å². The van der Waals surface area contributed by atoms with Crippen LogP contribution in [-0.2, 0) is 6.54 Å². The number of nitrogens with zero attached hydrogens (tertiary/aromatic N) is 2. The second-order valence-corrected chi connectivity index (χ2v) is 6.06. The highest BCUT2D eigenvalue weighted by atomic mass is 16.3. The summed E-state index contributed by atoms with van der Waals surface area (Å²) in [5.41, 5.74) is 1.13. The fraction of sp³-hybridized carbons (Fsp3) is 0.812. The van der Waals surface area contributed by atoms with Crippen molar-refractivity contribution in [3.05, 3.63) is 18.0 Å².